The summed E-state index contributed by atoms with van der Waals surface area (Å²) in [6.07, 6.45) is 1.61. The quantitative estimate of drug-likeness (QED) is 0.596. The van der Waals surface area contributed by atoms with Crippen LogP contribution in [0.2, 0.25) is 0 Å². The SMILES string of the molecule is CCC(CC)C(=O)Nc1cccc(OCc2cc(=O)n3nc(C(C)C)sc3n2)c1. The van der Waals surface area contributed by atoms with Crippen LogP contribution in [0, 0.1) is 5.92 Å². The van der Waals surface area contributed by atoms with E-state index in [4.69, 9.17) is 4.74 Å². The zero-order valence-electron chi connectivity index (χ0n) is 17.1. The smallest absolute Gasteiger partial charge is 0.275 e. The normalized spacial score (nSPS) is 11.4. The summed E-state index contributed by atoms with van der Waals surface area (Å²) in [6, 6.07) is 8.67. The van der Waals surface area contributed by atoms with E-state index in [1.165, 1.54) is 21.9 Å². The Morgan fingerprint density at radius 2 is 2.00 bits per heavy atom. The van der Waals surface area contributed by atoms with Gasteiger partial charge in [-0.05, 0) is 25.0 Å². The number of benzene rings is 1. The lowest BCUT2D eigenvalue weighted by Crippen LogP contribution is -2.21. The number of rotatable bonds is 8. The van der Waals surface area contributed by atoms with Gasteiger partial charge in [0.2, 0.25) is 10.9 Å². The molecule has 0 saturated heterocycles. The van der Waals surface area contributed by atoms with Gasteiger partial charge in [0.15, 0.2) is 0 Å². The highest BCUT2D eigenvalue weighted by Crippen LogP contribution is 2.22. The Kier molecular flexibility index (Phi) is 6.64. The van der Waals surface area contributed by atoms with E-state index in [0.29, 0.717) is 22.1 Å². The molecule has 3 rings (SSSR count). The molecule has 1 N–H and O–H groups in total. The molecule has 8 heteroatoms. The lowest BCUT2D eigenvalue weighted by Gasteiger charge is -2.13. The van der Waals surface area contributed by atoms with Crippen molar-refractivity contribution in [2.24, 2.45) is 5.92 Å². The highest BCUT2D eigenvalue weighted by molar-refractivity contribution is 7.16. The van der Waals surface area contributed by atoms with Gasteiger partial charge in [-0.25, -0.2) is 4.98 Å². The number of hydrogen-bond donors (Lipinski definition) is 1. The van der Waals surface area contributed by atoms with Crippen LogP contribution in [0.5, 0.6) is 5.75 Å². The number of carbonyl (C=O) groups is 1. The molecule has 0 aliphatic rings. The van der Waals surface area contributed by atoms with Crippen LogP contribution < -0.4 is 15.6 Å². The third-order valence-electron chi connectivity index (χ3n) is 4.65. The van der Waals surface area contributed by atoms with Gasteiger partial charge in [-0.2, -0.15) is 9.61 Å². The number of ether oxygens (including phenoxy) is 1. The summed E-state index contributed by atoms with van der Waals surface area (Å²) in [5.41, 5.74) is 1.01. The molecular formula is C21H26N4O3S. The third kappa shape index (κ3) is 5.00. The van der Waals surface area contributed by atoms with E-state index in [2.05, 4.69) is 15.4 Å². The molecule has 0 saturated carbocycles. The molecule has 0 fully saturated rings. The Balaban J connectivity index is 1.71. The highest BCUT2D eigenvalue weighted by Gasteiger charge is 2.15. The van der Waals surface area contributed by atoms with E-state index in [1.54, 1.807) is 6.07 Å². The summed E-state index contributed by atoms with van der Waals surface area (Å²) in [5, 5.41) is 8.12. The predicted molar refractivity (Wildman–Crippen MR) is 115 cm³/mol. The van der Waals surface area contributed by atoms with Crippen LogP contribution >= 0.6 is 11.3 Å². The van der Waals surface area contributed by atoms with Crippen LogP contribution in [0.25, 0.3) is 4.96 Å². The first kappa shape index (κ1) is 21.0. The molecule has 0 aliphatic heterocycles. The first-order chi connectivity index (χ1) is 13.9. The van der Waals surface area contributed by atoms with Crippen LogP contribution in [0.1, 0.15) is 57.2 Å². The average molecular weight is 415 g/mol. The second-order valence-corrected chi connectivity index (χ2v) is 8.18. The van der Waals surface area contributed by atoms with Crippen molar-refractivity contribution in [3.8, 4) is 5.75 Å². The van der Waals surface area contributed by atoms with Crippen molar-refractivity contribution in [3.63, 3.8) is 0 Å². The maximum Gasteiger partial charge on any atom is 0.275 e. The number of aromatic nitrogens is 3. The van der Waals surface area contributed by atoms with Gasteiger partial charge in [0, 0.05) is 29.7 Å². The van der Waals surface area contributed by atoms with E-state index in [1.807, 2.05) is 45.9 Å². The van der Waals surface area contributed by atoms with Crippen molar-refractivity contribution < 1.29 is 9.53 Å². The van der Waals surface area contributed by atoms with Crippen molar-refractivity contribution >= 4 is 27.9 Å². The van der Waals surface area contributed by atoms with Crippen molar-refractivity contribution in [1.82, 2.24) is 14.6 Å². The number of nitrogens with one attached hydrogen (secondary N) is 1. The molecule has 0 atom stereocenters. The van der Waals surface area contributed by atoms with E-state index in [9.17, 15) is 9.59 Å². The van der Waals surface area contributed by atoms with Gasteiger partial charge in [-0.3, -0.25) is 9.59 Å². The Bertz CT molecular complexity index is 1050. The first-order valence-corrected chi connectivity index (χ1v) is 10.7. The molecule has 0 spiro atoms. The van der Waals surface area contributed by atoms with E-state index in [0.717, 1.165) is 17.8 Å². The van der Waals surface area contributed by atoms with Crippen LogP contribution in [0.15, 0.2) is 35.1 Å². The van der Waals surface area contributed by atoms with Gasteiger partial charge in [0.1, 0.15) is 17.4 Å². The predicted octanol–water partition coefficient (Wildman–Crippen LogP) is 4.23. The molecule has 3 aromatic rings. The Morgan fingerprint density at radius 3 is 2.69 bits per heavy atom. The Hall–Kier alpha value is -2.74. The molecule has 0 bridgehead atoms. The molecule has 1 amide bonds. The van der Waals surface area contributed by atoms with Crippen LogP contribution in [-0.2, 0) is 11.4 Å². The van der Waals surface area contributed by atoms with E-state index < -0.39 is 0 Å². The summed E-state index contributed by atoms with van der Waals surface area (Å²) in [6.45, 7) is 8.23. The Morgan fingerprint density at radius 1 is 1.24 bits per heavy atom. The molecule has 0 aliphatic carbocycles. The summed E-state index contributed by atoms with van der Waals surface area (Å²) in [4.78, 5) is 29.6. The van der Waals surface area contributed by atoms with Crippen LogP contribution in [0.3, 0.4) is 0 Å². The minimum absolute atomic E-state index is 0.00128. The zero-order chi connectivity index (χ0) is 21.0. The summed E-state index contributed by atoms with van der Waals surface area (Å²) < 4.78 is 7.14. The van der Waals surface area contributed by atoms with Gasteiger partial charge in [-0.15, -0.1) is 0 Å². The van der Waals surface area contributed by atoms with Crippen molar-refractivity contribution in [1.29, 1.82) is 0 Å². The maximum atomic E-state index is 12.3. The maximum absolute atomic E-state index is 12.3. The van der Waals surface area contributed by atoms with E-state index >= 15 is 0 Å². The molecule has 0 radical (unpaired) electrons. The molecule has 29 heavy (non-hydrogen) atoms. The van der Waals surface area contributed by atoms with Gasteiger partial charge in [0.05, 0.1) is 5.69 Å². The number of fused-ring (bicyclic) bond motifs is 1. The molecule has 0 unspecified atom stereocenters. The molecule has 1 aromatic carbocycles. The molecule has 7 nitrogen and oxygen atoms in total. The van der Waals surface area contributed by atoms with Gasteiger partial charge >= 0.3 is 0 Å². The second kappa shape index (κ2) is 9.17. The molecule has 2 aromatic heterocycles. The number of anilines is 1. The second-order valence-electron chi connectivity index (χ2n) is 7.19. The zero-order valence-corrected chi connectivity index (χ0v) is 18.0. The molecule has 2 heterocycles. The summed E-state index contributed by atoms with van der Waals surface area (Å²) >= 11 is 1.41. The number of amides is 1. The lowest BCUT2D eigenvalue weighted by atomic mass is 10.0. The van der Waals surface area contributed by atoms with Gasteiger partial charge < -0.3 is 10.1 Å². The molecule has 154 valence electrons. The summed E-state index contributed by atoms with van der Waals surface area (Å²) in [5.74, 6) is 0.845. The highest BCUT2D eigenvalue weighted by atomic mass is 32.1. The fourth-order valence-electron chi connectivity index (χ4n) is 2.90. The Labute approximate surface area is 173 Å². The fraction of sp³-hybridized carbons (Fsp3) is 0.429. The topological polar surface area (TPSA) is 85.6 Å². The standard InChI is InChI=1S/C21H26N4O3S/c1-5-14(6-2)19(27)22-15-8-7-9-17(10-15)28-12-16-11-18(26)25-21(23-16)29-20(24-25)13(3)4/h7-11,13-14H,5-6,12H2,1-4H3,(H,22,27). The number of nitrogens with zero attached hydrogens (tertiary/aromatic N) is 3. The van der Waals surface area contributed by atoms with Crippen molar-refractivity contribution in [2.45, 2.75) is 53.1 Å². The van der Waals surface area contributed by atoms with E-state index in [-0.39, 0.29) is 29.9 Å². The van der Waals surface area contributed by atoms with Crippen LogP contribution in [-0.4, -0.2) is 20.5 Å². The minimum atomic E-state index is -0.220. The van der Waals surface area contributed by atoms with Gasteiger partial charge in [0.25, 0.3) is 5.56 Å². The monoisotopic (exact) mass is 414 g/mol. The average Bonchev–Trinajstić information content (AvgIpc) is 3.13. The summed E-state index contributed by atoms with van der Waals surface area (Å²) in [7, 11) is 0. The van der Waals surface area contributed by atoms with Crippen molar-refractivity contribution in [3.05, 3.63) is 51.4 Å². The van der Waals surface area contributed by atoms with Gasteiger partial charge in [-0.1, -0.05) is 45.1 Å². The van der Waals surface area contributed by atoms with Crippen molar-refractivity contribution in [2.75, 3.05) is 5.32 Å². The third-order valence-corrected chi connectivity index (χ3v) is 5.86. The first-order valence-electron chi connectivity index (χ1n) is 9.84. The molecular weight excluding hydrogens is 388 g/mol. The number of carbonyl (C=O) groups excluding carboxylic acids is 1. The minimum Gasteiger partial charge on any atom is -0.487 e. The number of hydrogen-bond acceptors (Lipinski definition) is 6. The fourth-order valence-corrected chi connectivity index (χ4v) is 3.83. The largest absolute Gasteiger partial charge is 0.487 e. The lowest BCUT2D eigenvalue weighted by molar-refractivity contribution is -0.120. The van der Waals surface area contributed by atoms with Crippen LogP contribution in [0.4, 0.5) is 5.69 Å².